The molecule has 0 bridgehead atoms. The SMILES string of the molecule is C=Cc1ncn(-c2ccc3c(ccc4sc5c(c43)NC[C@@H](C)NC5=O)n2)n1. The lowest BCUT2D eigenvalue weighted by Crippen LogP contribution is -2.34. The molecule has 1 aliphatic heterocycles. The number of pyridine rings is 1. The third-order valence-electron chi connectivity index (χ3n) is 4.60. The van der Waals surface area contributed by atoms with Gasteiger partial charge in [0.1, 0.15) is 11.2 Å². The highest BCUT2D eigenvalue weighted by atomic mass is 32.1. The van der Waals surface area contributed by atoms with Crippen LogP contribution in [0, 0.1) is 0 Å². The first-order valence-corrected chi connectivity index (χ1v) is 9.41. The van der Waals surface area contributed by atoms with E-state index >= 15 is 0 Å². The molecule has 4 aromatic rings. The molecule has 4 heterocycles. The fraction of sp³-hybridized carbons (Fsp3) is 0.158. The van der Waals surface area contributed by atoms with E-state index in [1.807, 2.05) is 31.2 Å². The molecule has 27 heavy (non-hydrogen) atoms. The Balaban J connectivity index is 1.71. The predicted octanol–water partition coefficient (Wildman–Crippen LogP) is 3.22. The molecule has 1 atom stereocenters. The maximum atomic E-state index is 12.5. The third-order valence-corrected chi connectivity index (χ3v) is 5.76. The zero-order valence-corrected chi connectivity index (χ0v) is 15.4. The molecule has 134 valence electrons. The van der Waals surface area contributed by atoms with Gasteiger partial charge in [0, 0.05) is 28.1 Å². The highest BCUT2D eigenvalue weighted by Crippen LogP contribution is 2.40. The Hall–Kier alpha value is -3.26. The molecule has 0 saturated heterocycles. The molecule has 0 radical (unpaired) electrons. The molecule has 8 heteroatoms. The largest absolute Gasteiger partial charge is 0.381 e. The van der Waals surface area contributed by atoms with Crippen molar-refractivity contribution < 1.29 is 4.79 Å². The van der Waals surface area contributed by atoms with Crippen LogP contribution in [-0.2, 0) is 0 Å². The van der Waals surface area contributed by atoms with E-state index in [1.165, 1.54) is 11.3 Å². The Kier molecular flexibility index (Phi) is 3.48. The van der Waals surface area contributed by atoms with Crippen LogP contribution in [0.25, 0.3) is 32.9 Å². The first kappa shape index (κ1) is 16.0. The van der Waals surface area contributed by atoms with Crippen LogP contribution < -0.4 is 10.6 Å². The number of rotatable bonds is 2. The third kappa shape index (κ3) is 2.48. The van der Waals surface area contributed by atoms with Crippen molar-refractivity contribution in [2.45, 2.75) is 13.0 Å². The van der Waals surface area contributed by atoms with Gasteiger partial charge in [-0.1, -0.05) is 6.58 Å². The van der Waals surface area contributed by atoms with E-state index in [0.29, 0.717) is 18.2 Å². The van der Waals surface area contributed by atoms with Crippen molar-refractivity contribution in [3.05, 3.63) is 47.9 Å². The lowest BCUT2D eigenvalue weighted by atomic mass is 10.1. The van der Waals surface area contributed by atoms with E-state index in [-0.39, 0.29) is 11.9 Å². The molecule has 1 aromatic carbocycles. The number of nitrogens with zero attached hydrogens (tertiary/aromatic N) is 4. The van der Waals surface area contributed by atoms with Gasteiger partial charge in [-0.05, 0) is 37.3 Å². The van der Waals surface area contributed by atoms with E-state index in [1.54, 1.807) is 17.1 Å². The molecule has 0 saturated carbocycles. The van der Waals surface area contributed by atoms with Crippen LogP contribution in [0.3, 0.4) is 0 Å². The van der Waals surface area contributed by atoms with Gasteiger partial charge in [-0.25, -0.2) is 14.6 Å². The Morgan fingerprint density at radius 1 is 1.33 bits per heavy atom. The monoisotopic (exact) mass is 376 g/mol. The second kappa shape index (κ2) is 5.88. The highest BCUT2D eigenvalue weighted by Gasteiger charge is 2.24. The van der Waals surface area contributed by atoms with E-state index < -0.39 is 0 Å². The number of aromatic nitrogens is 4. The smallest absolute Gasteiger partial charge is 0.263 e. The first-order valence-electron chi connectivity index (χ1n) is 8.59. The van der Waals surface area contributed by atoms with E-state index in [4.69, 9.17) is 4.98 Å². The van der Waals surface area contributed by atoms with Crippen LogP contribution in [0.1, 0.15) is 22.4 Å². The van der Waals surface area contributed by atoms with Crippen LogP contribution in [0.2, 0.25) is 0 Å². The van der Waals surface area contributed by atoms with Gasteiger partial charge in [0.15, 0.2) is 11.6 Å². The van der Waals surface area contributed by atoms with Gasteiger partial charge in [0.2, 0.25) is 0 Å². The maximum absolute atomic E-state index is 12.5. The summed E-state index contributed by atoms with van der Waals surface area (Å²) in [6, 6.07) is 8.01. The lowest BCUT2D eigenvalue weighted by molar-refractivity contribution is 0.0949. The molecular formula is C19H16N6OS. The van der Waals surface area contributed by atoms with E-state index in [9.17, 15) is 4.79 Å². The average Bonchev–Trinajstić information content (AvgIpc) is 3.27. The topological polar surface area (TPSA) is 84.7 Å². The zero-order valence-electron chi connectivity index (χ0n) is 14.6. The number of hydrogen-bond donors (Lipinski definition) is 2. The molecule has 5 rings (SSSR count). The van der Waals surface area contributed by atoms with Gasteiger partial charge < -0.3 is 10.6 Å². The number of carbonyl (C=O) groups excluding carboxylic acids is 1. The summed E-state index contributed by atoms with van der Waals surface area (Å²) in [7, 11) is 0. The summed E-state index contributed by atoms with van der Waals surface area (Å²) in [4.78, 5) is 22.1. The Morgan fingerprint density at radius 3 is 3.04 bits per heavy atom. The van der Waals surface area contributed by atoms with Crippen LogP contribution in [0.15, 0.2) is 37.2 Å². The number of thiophene rings is 1. The van der Waals surface area contributed by atoms with Gasteiger partial charge in [-0.15, -0.1) is 16.4 Å². The molecule has 2 N–H and O–H groups in total. The summed E-state index contributed by atoms with van der Waals surface area (Å²) in [6.07, 6.45) is 3.22. The standard InChI is InChI=1S/C19H16N6OS/c1-3-14-21-9-25(24-14)15-7-4-11-12(23-15)5-6-13-16(11)17-18(27-13)19(26)22-10(2)8-20-17/h3-7,9-10,20H,1,8H2,2H3,(H,22,26)/t10-/m1/s1. The van der Waals surface area contributed by atoms with Crippen LogP contribution in [-0.4, -0.2) is 38.2 Å². The summed E-state index contributed by atoms with van der Waals surface area (Å²) < 4.78 is 2.69. The molecule has 0 aliphatic carbocycles. The van der Waals surface area contributed by atoms with Crippen molar-refractivity contribution in [3.63, 3.8) is 0 Å². The number of nitrogens with one attached hydrogen (secondary N) is 2. The zero-order chi connectivity index (χ0) is 18.5. The van der Waals surface area contributed by atoms with Crippen LogP contribution in [0.5, 0.6) is 0 Å². The van der Waals surface area contributed by atoms with E-state index in [2.05, 4.69) is 27.3 Å². The fourth-order valence-electron chi connectivity index (χ4n) is 3.32. The second-order valence-electron chi connectivity index (χ2n) is 6.49. The molecule has 0 fully saturated rings. The van der Waals surface area contributed by atoms with Crippen LogP contribution >= 0.6 is 11.3 Å². The molecular weight excluding hydrogens is 360 g/mol. The molecule has 0 unspecified atom stereocenters. The van der Waals surface area contributed by atoms with Gasteiger partial charge in [0.25, 0.3) is 5.91 Å². The van der Waals surface area contributed by atoms with Gasteiger partial charge in [-0.2, -0.15) is 0 Å². The number of amides is 1. The van der Waals surface area contributed by atoms with Crippen molar-refractivity contribution in [1.29, 1.82) is 0 Å². The van der Waals surface area contributed by atoms with Crippen molar-refractivity contribution >= 4 is 50.0 Å². The lowest BCUT2D eigenvalue weighted by Gasteiger charge is -2.10. The van der Waals surface area contributed by atoms with Crippen LogP contribution in [0.4, 0.5) is 5.69 Å². The first-order chi connectivity index (χ1) is 13.1. The summed E-state index contributed by atoms with van der Waals surface area (Å²) in [5, 5.41) is 12.8. The minimum atomic E-state index is -0.0269. The number of fused-ring (bicyclic) bond motifs is 5. The second-order valence-corrected chi connectivity index (χ2v) is 7.54. The highest BCUT2D eigenvalue weighted by molar-refractivity contribution is 7.21. The quantitative estimate of drug-likeness (QED) is 0.561. The van der Waals surface area contributed by atoms with E-state index in [0.717, 1.165) is 31.6 Å². The molecule has 3 aromatic heterocycles. The Morgan fingerprint density at radius 2 is 2.22 bits per heavy atom. The average molecular weight is 376 g/mol. The normalized spacial score (nSPS) is 16.6. The summed E-state index contributed by atoms with van der Waals surface area (Å²) in [5.41, 5.74) is 1.74. The minimum absolute atomic E-state index is 0.0269. The van der Waals surface area contributed by atoms with Gasteiger partial charge >= 0.3 is 0 Å². The maximum Gasteiger partial charge on any atom is 0.263 e. The van der Waals surface area contributed by atoms with Gasteiger partial charge in [0.05, 0.1) is 11.2 Å². The number of anilines is 1. The van der Waals surface area contributed by atoms with Crippen molar-refractivity contribution in [1.82, 2.24) is 25.1 Å². The van der Waals surface area contributed by atoms with Crippen molar-refractivity contribution in [2.75, 3.05) is 11.9 Å². The van der Waals surface area contributed by atoms with Crippen molar-refractivity contribution in [2.24, 2.45) is 0 Å². The van der Waals surface area contributed by atoms with Gasteiger partial charge in [-0.3, -0.25) is 4.79 Å². The molecule has 1 amide bonds. The molecule has 0 spiro atoms. The number of benzene rings is 1. The fourth-order valence-corrected chi connectivity index (χ4v) is 4.42. The summed E-state index contributed by atoms with van der Waals surface area (Å²) in [5.74, 6) is 1.21. The molecule has 1 aliphatic rings. The summed E-state index contributed by atoms with van der Waals surface area (Å²) >= 11 is 1.50. The molecule has 7 nitrogen and oxygen atoms in total. The van der Waals surface area contributed by atoms with Crippen molar-refractivity contribution in [3.8, 4) is 5.82 Å². The minimum Gasteiger partial charge on any atom is -0.381 e. The number of hydrogen-bond acceptors (Lipinski definition) is 6. The Bertz CT molecular complexity index is 1220. The predicted molar refractivity (Wildman–Crippen MR) is 108 cm³/mol. The number of carbonyl (C=O) groups is 1. The summed E-state index contributed by atoms with van der Waals surface area (Å²) in [6.45, 7) is 6.36. The Labute approximate surface area is 158 Å².